The van der Waals surface area contributed by atoms with Crippen LogP contribution in [0, 0.1) is 5.92 Å². The van der Waals surface area contributed by atoms with Crippen LogP contribution in [0.3, 0.4) is 0 Å². The molecule has 0 bridgehead atoms. The van der Waals surface area contributed by atoms with E-state index in [0.29, 0.717) is 5.75 Å². The van der Waals surface area contributed by atoms with Crippen molar-refractivity contribution in [2.24, 2.45) is 5.92 Å². The lowest BCUT2D eigenvalue weighted by molar-refractivity contribution is -0.137. The van der Waals surface area contributed by atoms with Crippen LogP contribution in [-0.4, -0.2) is 42.0 Å². The van der Waals surface area contributed by atoms with Gasteiger partial charge in [-0.25, -0.2) is 4.98 Å². The first-order valence-corrected chi connectivity index (χ1v) is 9.79. The number of rotatable bonds is 6. The minimum atomic E-state index is -0.223. The molecule has 1 aromatic heterocycles. The number of anilines is 1. The van der Waals surface area contributed by atoms with Crippen LogP contribution in [0.15, 0.2) is 42.6 Å². The summed E-state index contributed by atoms with van der Waals surface area (Å²) in [5.41, 5.74) is 2.84. The quantitative estimate of drug-likeness (QED) is 0.731. The summed E-state index contributed by atoms with van der Waals surface area (Å²) in [6.45, 7) is 10.5. The van der Waals surface area contributed by atoms with Crippen LogP contribution < -0.4 is 9.64 Å². The van der Waals surface area contributed by atoms with Crippen molar-refractivity contribution in [1.29, 1.82) is 0 Å². The molecular formula is C22H29N3O2. The second kappa shape index (κ2) is 9.00. The van der Waals surface area contributed by atoms with Crippen molar-refractivity contribution in [3.63, 3.8) is 0 Å². The Bertz CT molecular complexity index is 768. The Morgan fingerprint density at radius 1 is 1.07 bits per heavy atom. The zero-order valence-corrected chi connectivity index (χ0v) is 16.5. The molecule has 0 amide bonds. The lowest BCUT2D eigenvalue weighted by Crippen LogP contribution is -2.46. The number of piperazine rings is 1. The molecule has 27 heavy (non-hydrogen) atoms. The highest BCUT2D eigenvalue weighted by molar-refractivity contribution is 5.76. The van der Waals surface area contributed by atoms with Gasteiger partial charge in [0.15, 0.2) is 11.6 Å². The number of carbonyl (C=O) groups is 1. The van der Waals surface area contributed by atoms with Crippen LogP contribution >= 0.6 is 0 Å². The Labute approximate surface area is 162 Å². The van der Waals surface area contributed by atoms with Crippen molar-refractivity contribution >= 4 is 11.8 Å². The number of carbonyl (C=O) groups excluding carboxylic acids is 1. The van der Waals surface area contributed by atoms with Crippen molar-refractivity contribution in [3.05, 3.63) is 53.7 Å². The highest BCUT2D eigenvalue weighted by Crippen LogP contribution is 2.27. The van der Waals surface area contributed by atoms with Gasteiger partial charge in [-0.15, -0.1) is 0 Å². The summed E-state index contributed by atoms with van der Waals surface area (Å²) in [5.74, 6) is 0.939. The first kappa shape index (κ1) is 19.4. The maximum Gasteiger partial charge on any atom is 0.313 e. The van der Waals surface area contributed by atoms with E-state index in [1.54, 1.807) is 6.20 Å². The van der Waals surface area contributed by atoms with Gasteiger partial charge in [0.2, 0.25) is 0 Å². The van der Waals surface area contributed by atoms with E-state index in [2.05, 4.69) is 46.0 Å². The number of esters is 1. The van der Waals surface area contributed by atoms with Crippen molar-refractivity contribution in [2.75, 3.05) is 31.1 Å². The van der Waals surface area contributed by atoms with Gasteiger partial charge in [-0.05, 0) is 29.7 Å². The highest BCUT2D eigenvalue weighted by atomic mass is 16.5. The minimum Gasteiger partial charge on any atom is -0.422 e. The highest BCUT2D eigenvalue weighted by Gasteiger charge is 2.22. The Morgan fingerprint density at radius 2 is 1.78 bits per heavy atom. The first-order valence-electron chi connectivity index (χ1n) is 9.79. The average Bonchev–Trinajstić information content (AvgIpc) is 2.69. The summed E-state index contributed by atoms with van der Waals surface area (Å²) in [4.78, 5) is 21.2. The van der Waals surface area contributed by atoms with Gasteiger partial charge in [-0.1, -0.05) is 45.0 Å². The predicted octanol–water partition coefficient (Wildman–Crippen LogP) is 3.53. The molecule has 0 radical (unpaired) electrons. The molecule has 1 fully saturated rings. The van der Waals surface area contributed by atoms with Crippen molar-refractivity contribution in [3.8, 4) is 5.75 Å². The first-order chi connectivity index (χ1) is 13.1. The summed E-state index contributed by atoms with van der Waals surface area (Å²) >= 11 is 0. The standard InChI is InChI=1S/C22H29N3O2/c1-4-18-8-5-6-9-19(18)16-24-12-14-25(15-13-24)21-20(10-7-11-23-21)27-22(26)17(2)3/h5-11,17H,4,12-16H2,1-3H3. The van der Waals surface area contributed by atoms with Crippen LogP contribution in [0.25, 0.3) is 0 Å². The van der Waals surface area contributed by atoms with Gasteiger partial charge >= 0.3 is 5.97 Å². The maximum atomic E-state index is 12.0. The van der Waals surface area contributed by atoms with Crippen LogP contribution in [-0.2, 0) is 17.8 Å². The molecule has 0 aliphatic carbocycles. The fourth-order valence-electron chi connectivity index (χ4n) is 3.34. The molecule has 1 saturated heterocycles. The van der Waals surface area contributed by atoms with Crippen LogP contribution in [0.5, 0.6) is 5.75 Å². The molecule has 0 saturated carbocycles. The maximum absolute atomic E-state index is 12.0. The zero-order chi connectivity index (χ0) is 19.2. The Morgan fingerprint density at radius 3 is 2.44 bits per heavy atom. The lowest BCUT2D eigenvalue weighted by atomic mass is 10.0. The van der Waals surface area contributed by atoms with E-state index in [0.717, 1.165) is 45.0 Å². The van der Waals surface area contributed by atoms with Gasteiger partial charge in [0.1, 0.15) is 0 Å². The topological polar surface area (TPSA) is 45.7 Å². The molecule has 144 valence electrons. The summed E-state index contributed by atoms with van der Waals surface area (Å²) in [5, 5.41) is 0. The smallest absolute Gasteiger partial charge is 0.313 e. The molecule has 0 unspecified atom stereocenters. The zero-order valence-electron chi connectivity index (χ0n) is 16.5. The second-order valence-corrected chi connectivity index (χ2v) is 7.29. The fraction of sp³-hybridized carbons (Fsp3) is 0.455. The molecule has 2 aromatic rings. The molecule has 0 N–H and O–H groups in total. The molecule has 0 atom stereocenters. The number of pyridine rings is 1. The Hall–Kier alpha value is -2.40. The van der Waals surface area contributed by atoms with Crippen LogP contribution in [0.2, 0.25) is 0 Å². The number of ether oxygens (including phenoxy) is 1. The normalized spacial score (nSPS) is 15.2. The van der Waals surface area contributed by atoms with Crippen molar-refractivity contribution < 1.29 is 9.53 Å². The molecule has 3 rings (SSSR count). The molecule has 5 heteroatoms. The lowest BCUT2D eigenvalue weighted by Gasteiger charge is -2.36. The minimum absolute atomic E-state index is 0.159. The summed E-state index contributed by atoms with van der Waals surface area (Å²) in [6, 6.07) is 12.3. The van der Waals surface area contributed by atoms with Gasteiger partial charge in [0.05, 0.1) is 5.92 Å². The van der Waals surface area contributed by atoms with E-state index in [-0.39, 0.29) is 11.9 Å². The van der Waals surface area contributed by atoms with Gasteiger partial charge < -0.3 is 9.64 Å². The summed E-state index contributed by atoms with van der Waals surface area (Å²) in [7, 11) is 0. The van der Waals surface area contributed by atoms with E-state index in [4.69, 9.17) is 4.74 Å². The Balaban J connectivity index is 1.63. The van der Waals surface area contributed by atoms with E-state index < -0.39 is 0 Å². The van der Waals surface area contributed by atoms with Crippen molar-refractivity contribution in [1.82, 2.24) is 9.88 Å². The number of hydrogen-bond acceptors (Lipinski definition) is 5. The van der Waals surface area contributed by atoms with Gasteiger partial charge in [0, 0.05) is 38.9 Å². The van der Waals surface area contributed by atoms with Crippen molar-refractivity contribution in [2.45, 2.75) is 33.7 Å². The molecule has 0 spiro atoms. The predicted molar refractivity (Wildman–Crippen MR) is 108 cm³/mol. The number of aromatic nitrogens is 1. The molecule has 5 nitrogen and oxygen atoms in total. The van der Waals surface area contributed by atoms with Gasteiger partial charge in [-0.3, -0.25) is 9.69 Å². The number of benzene rings is 1. The molecule has 2 heterocycles. The molecule has 1 aliphatic rings. The average molecular weight is 367 g/mol. The second-order valence-electron chi connectivity index (χ2n) is 7.29. The third-order valence-electron chi connectivity index (χ3n) is 5.00. The van der Waals surface area contributed by atoms with Gasteiger partial charge in [-0.2, -0.15) is 0 Å². The number of nitrogens with zero attached hydrogens (tertiary/aromatic N) is 3. The van der Waals surface area contributed by atoms with E-state index >= 15 is 0 Å². The van der Waals surface area contributed by atoms with E-state index in [9.17, 15) is 4.79 Å². The van der Waals surface area contributed by atoms with Crippen LogP contribution in [0.4, 0.5) is 5.82 Å². The molecule has 1 aromatic carbocycles. The monoisotopic (exact) mass is 367 g/mol. The van der Waals surface area contributed by atoms with E-state index in [1.165, 1.54) is 11.1 Å². The number of hydrogen-bond donors (Lipinski definition) is 0. The molecule has 1 aliphatic heterocycles. The summed E-state index contributed by atoms with van der Waals surface area (Å²) in [6.07, 6.45) is 2.82. The Kier molecular flexibility index (Phi) is 6.45. The number of aryl methyl sites for hydroxylation is 1. The molecular weight excluding hydrogens is 338 g/mol. The SMILES string of the molecule is CCc1ccccc1CN1CCN(c2ncccc2OC(=O)C(C)C)CC1. The van der Waals surface area contributed by atoms with E-state index in [1.807, 2.05) is 26.0 Å². The summed E-state index contributed by atoms with van der Waals surface area (Å²) < 4.78 is 5.56. The fourth-order valence-corrected chi connectivity index (χ4v) is 3.34. The van der Waals surface area contributed by atoms with Gasteiger partial charge in [0.25, 0.3) is 0 Å². The third-order valence-corrected chi connectivity index (χ3v) is 5.00. The largest absolute Gasteiger partial charge is 0.422 e. The third kappa shape index (κ3) is 4.86. The van der Waals surface area contributed by atoms with Crippen LogP contribution in [0.1, 0.15) is 31.9 Å².